The quantitative estimate of drug-likeness (QED) is 0.510. The highest BCUT2D eigenvalue weighted by Gasteiger charge is 2.12. The van der Waals surface area contributed by atoms with E-state index < -0.39 is 5.91 Å². The van der Waals surface area contributed by atoms with Gasteiger partial charge >= 0.3 is 0 Å². The van der Waals surface area contributed by atoms with Crippen molar-refractivity contribution in [1.82, 2.24) is 4.90 Å². The van der Waals surface area contributed by atoms with Crippen LogP contribution in [0.25, 0.3) is 0 Å². The van der Waals surface area contributed by atoms with Gasteiger partial charge in [-0.2, -0.15) is 5.26 Å². The molecule has 1 aromatic rings. The minimum atomic E-state index is -0.407. The van der Waals surface area contributed by atoms with Crippen LogP contribution in [0.15, 0.2) is 30.0 Å². The standard InChI is InChI=1S/C19H26ClN3O/c1-4-6-10-23(11-7-5-2)14-16(13-21)19(24)22-17-9-8-15(3)18(20)12-17/h8-9,12,14H,4-7,10-11H2,1-3H3,(H,22,24)/b16-14-. The fraction of sp³-hybridized carbons (Fsp3) is 0.474. The van der Waals surface area contributed by atoms with Crippen LogP contribution < -0.4 is 5.32 Å². The maximum atomic E-state index is 12.4. The molecular weight excluding hydrogens is 322 g/mol. The highest BCUT2D eigenvalue weighted by atomic mass is 35.5. The van der Waals surface area contributed by atoms with Gasteiger partial charge in [0, 0.05) is 30.0 Å². The van der Waals surface area contributed by atoms with Crippen LogP contribution in [-0.2, 0) is 4.79 Å². The molecule has 4 nitrogen and oxygen atoms in total. The van der Waals surface area contributed by atoms with Gasteiger partial charge in [0.1, 0.15) is 11.6 Å². The zero-order valence-corrected chi connectivity index (χ0v) is 15.5. The van der Waals surface area contributed by atoms with E-state index in [0.717, 1.165) is 44.3 Å². The molecule has 0 aliphatic carbocycles. The largest absolute Gasteiger partial charge is 0.376 e. The number of amides is 1. The first kappa shape index (κ1) is 20.1. The Morgan fingerprint density at radius 1 is 1.29 bits per heavy atom. The average molecular weight is 348 g/mol. The number of benzene rings is 1. The summed E-state index contributed by atoms with van der Waals surface area (Å²) in [6.45, 7) is 7.85. The van der Waals surface area contributed by atoms with Crippen LogP contribution in [0.1, 0.15) is 45.1 Å². The Balaban J connectivity index is 2.85. The van der Waals surface area contributed by atoms with Gasteiger partial charge in [0.15, 0.2) is 0 Å². The summed E-state index contributed by atoms with van der Waals surface area (Å²) in [5.74, 6) is -0.407. The zero-order chi connectivity index (χ0) is 17.9. The van der Waals surface area contributed by atoms with Gasteiger partial charge in [0.2, 0.25) is 0 Å². The zero-order valence-electron chi connectivity index (χ0n) is 14.7. The number of rotatable bonds is 9. The molecule has 0 spiro atoms. The maximum Gasteiger partial charge on any atom is 0.267 e. The lowest BCUT2D eigenvalue weighted by Crippen LogP contribution is -2.23. The van der Waals surface area contributed by atoms with Crippen LogP contribution in [0.4, 0.5) is 5.69 Å². The van der Waals surface area contributed by atoms with E-state index in [0.29, 0.717) is 10.7 Å². The van der Waals surface area contributed by atoms with Crippen molar-refractivity contribution >= 4 is 23.2 Å². The van der Waals surface area contributed by atoms with Gasteiger partial charge in [-0.05, 0) is 37.5 Å². The second kappa shape index (κ2) is 10.7. The molecule has 0 fully saturated rings. The van der Waals surface area contributed by atoms with Crippen molar-refractivity contribution in [1.29, 1.82) is 5.26 Å². The van der Waals surface area contributed by atoms with E-state index in [-0.39, 0.29) is 5.57 Å². The third-order valence-electron chi connectivity index (χ3n) is 3.70. The minimum Gasteiger partial charge on any atom is -0.376 e. The first-order valence-corrected chi connectivity index (χ1v) is 8.83. The van der Waals surface area contributed by atoms with Crippen LogP contribution in [0.2, 0.25) is 5.02 Å². The number of anilines is 1. The summed E-state index contributed by atoms with van der Waals surface area (Å²) < 4.78 is 0. The minimum absolute atomic E-state index is 0.110. The summed E-state index contributed by atoms with van der Waals surface area (Å²) in [4.78, 5) is 14.4. The fourth-order valence-electron chi connectivity index (χ4n) is 2.15. The van der Waals surface area contributed by atoms with Crippen molar-refractivity contribution in [2.24, 2.45) is 0 Å². The number of carbonyl (C=O) groups is 1. The Morgan fingerprint density at radius 3 is 2.42 bits per heavy atom. The lowest BCUT2D eigenvalue weighted by atomic mass is 10.2. The normalized spacial score (nSPS) is 11.0. The van der Waals surface area contributed by atoms with Crippen LogP contribution in [0, 0.1) is 18.3 Å². The highest BCUT2D eigenvalue weighted by Crippen LogP contribution is 2.20. The third-order valence-corrected chi connectivity index (χ3v) is 4.11. The van der Waals surface area contributed by atoms with Gasteiger partial charge in [-0.15, -0.1) is 0 Å². The number of aryl methyl sites for hydroxylation is 1. The van der Waals surface area contributed by atoms with Crippen molar-refractivity contribution in [3.8, 4) is 6.07 Å². The van der Waals surface area contributed by atoms with E-state index in [1.165, 1.54) is 0 Å². The predicted molar refractivity (Wildman–Crippen MR) is 99.9 cm³/mol. The summed E-state index contributed by atoms with van der Waals surface area (Å²) in [5, 5.41) is 12.7. The smallest absolute Gasteiger partial charge is 0.267 e. The van der Waals surface area contributed by atoms with Gasteiger partial charge < -0.3 is 10.2 Å². The number of nitrogens with zero attached hydrogens (tertiary/aromatic N) is 2. The maximum absolute atomic E-state index is 12.4. The van der Waals surface area contributed by atoms with E-state index in [9.17, 15) is 10.1 Å². The predicted octanol–water partition coefficient (Wildman–Crippen LogP) is 4.90. The van der Waals surface area contributed by atoms with Gasteiger partial charge in [0.25, 0.3) is 5.91 Å². The molecule has 130 valence electrons. The highest BCUT2D eigenvalue weighted by molar-refractivity contribution is 6.31. The summed E-state index contributed by atoms with van der Waals surface area (Å²) in [7, 11) is 0. The molecule has 0 atom stereocenters. The summed E-state index contributed by atoms with van der Waals surface area (Å²) in [5.41, 5.74) is 1.64. The molecule has 24 heavy (non-hydrogen) atoms. The van der Waals surface area contributed by atoms with E-state index in [2.05, 4.69) is 24.1 Å². The van der Waals surface area contributed by atoms with Crippen molar-refractivity contribution in [2.75, 3.05) is 18.4 Å². The summed E-state index contributed by atoms with van der Waals surface area (Å²) in [6, 6.07) is 7.31. The Morgan fingerprint density at radius 2 is 1.92 bits per heavy atom. The summed E-state index contributed by atoms with van der Waals surface area (Å²) in [6.07, 6.45) is 5.90. The van der Waals surface area contributed by atoms with E-state index in [1.807, 2.05) is 19.1 Å². The van der Waals surface area contributed by atoms with Gasteiger partial charge in [-0.3, -0.25) is 4.79 Å². The fourth-order valence-corrected chi connectivity index (χ4v) is 2.33. The number of unbranched alkanes of at least 4 members (excludes halogenated alkanes) is 2. The molecule has 0 aromatic heterocycles. The Bertz CT molecular complexity index is 612. The molecule has 1 aromatic carbocycles. The number of nitrogens with one attached hydrogen (secondary N) is 1. The molecular formula is C19H26ClN3O. The van der Waals surface area contributed by atoms with Crippen molar-refractivity contribution < 1.29 is 4.79 Å². The number of halogens is 1. The molecule has 0 saturated carbocycles. The molecule has 1 N–H and O–H groups in total. The van der Waals surface area contributed by atoms with Crippen LogP contribution in [0.5, 0.6) is 0 Å². The monoisotopic (exact) mass is 347 g/mol. The summed E-state index contributed by atoms with van der Waals surface area (Å²) >= 11 is 6.07. The third kappa shape index (κ3) is 6.64. The second-order valence-corrected chi connectivity index (χ2v) is 6.22. The van der Waals surface area contributed by atoms with Crippen molar-refractivity contribution in [3.63, 3.8) is 0 Å². The lowest BCUT2D eigenvalue weighted by molar-refractivity contribution is -0.112. The number of nitriles is 1. The Kier molecular flexibility index (Phi) is 8.96. The second-order valence-electron chi connectivity index (χ2n) is 5.82. The number of hydrogen-bond donors (Lipinski definition) is 1. The molecule has 0 bridgehead atoms. The van der Waals surface area contributed by atoms with E-state index >= 15 is 0 Å². The van der Waals surface area contributed by atoms with Crippen LogP contribution in [-0.4, -0.2) is 23.9 Å². The Hall–Kier alpha value is -1.99. The number of carbonyl (C=O) groups excluding carboxylic acids is 1. The molecule has 1 amide bonds. The molecule has 5 heteroatoms. The molecule has 0 unspecified atom stereocenters. The first-order valence-electron chi connectivity index (χ1n) is 8.45. The van der Waals surface area contributed by atoms with Crippen LogP contribution >= 0.6 is 11.6 Å². The van der Waals surface area contributed by atoms with E-state index in [1.54, 1.807) is 18.3 Å². The van der Waals surface area contributed by atoms with E-state index in [4.69, 9.17) is 11.6 Å². The topological polar surface area (TPSA) is 56.1 Å². The lowest BCUT2D eigenvalue weighted by Gasteiger charge is -2.20. The molecule has 0 radical (unpaired) electrons. The Labute approximate surface area is 150 Å². The SMILES string of the molecule is CCCCN(/C=C(/C#N)C(=O)Nc1ccc(C)c(Cl)c1)CCCC. The average Bonchev–Trinajstić information content (AvgIpc) is 2.57. The van der Waals surface area contributed by atoms with Crippen molar-refractivity contribution in [3.05, 3.63) is 40.6 Å². The first-order chi connectivity index (χ1) is 11.5. The van der Waals surface area contributed by atoms with Gasteiger partial charge in [0.05, 0.1) is 0 Å². The molecule has 0 heterocycles. The number of hydrogen-bond acceptors (Lipinski definition) is 3. The van der Waals surface area contributed by atoms with Gasteiger partial charge in [-0.25, -0.2) is 0 Å². The molecule has 0 aliphatic heterocycles. The molecule has 1 rings (SSSR count). The molecule has 0 aliphatic rings. The van der Waals surface area contributed by atoms with Crippen molar-refractivity contribution in [2.45, 2.75) is 46.5 Å². The molecule has 0 saturated heterocycles. The van der Waals surface area contributed by atoms with Crippen LogP contribution in [0.3, 0.4) is 0 Å². The van der Waals surface area contributed by atoms with Gasteiger partial charge in [-0.1, -0.05) is 44.4 Å².